The van der Waals surface area contributed by atoms with Gasteiger partial charge in [-0.1, -0.05) is 225 Å². The molecule has 0 aliphatic heterocycles. The zero-order valence-electron chi connectivity index (χ0n) is 45.6. The average Bonchev–Trinajstić information content (AvgIpc) is 3.46. The van der Waals surface area contributed by atoms with E-state index in [0.29, 0.717) is 0 Å². The maximum Gasteiger partial charge on any atom is 0.135 e. The molecule has 0 N–H and O–H groups in total. The topological polar surface area (TPSA) is 18.5 Å². The summed E-state index contributed by atoms with van der Waals surface area (Å²) in [6.07, 6.45) is 0. The Bertz CT molecular complexity index is 3820. The maximum absolute atomic E-state index is 6.99. The first kappa shape index (κ1) is 48.7. The van der Waals surface area contributed by atoms with E-state index in [1.54, 1.807) is 0 Å². The average molecular weight is 987 g/mol. The summed E-state index contributed by atoms with van der Waals surface area (Å²) in [4.78, 5) is 0. The van der Waals surface area contributed by atoms with Crippen molar-refractivity contribution in [3.8, 4) is 67.1 Å². The van der Waals surface area contributed by atoms with Crippen molar-refractivity contribution in [1.82, 2.24) is 0 Å². The smallest absolute Gasteiger partial charge is 0.135 e. The number of fused-ring (bicyclic) bond motifs is 6. The molecule has 0 unspecified atom stereocenters. The van der Waals surface area contributed by atoms with Crippen LogP contribution in [-0.2, 0) is 0 Å². The van der Waals surface area contributed by atoms with Gasteiger partial charge in [-0.25, -0.2) is 0 Å². The minimum atomic E-state index is 0.200. The van der Waals surface area contributed by atoms with Gasteiger partial charge < -0.3 is 9.47 Å². The van der Waals surface area contributed by atoms with Gasteiger partial charge in [-0.3, -0.25) is 0 Å². The second-order valence-electron chi connectivity index (χ2n) is 22.2. The van der Waals surface area contributed by atoms with Crippen LogP contribution in [0.5, 0.6) is 11.5 Å². The van der Waals surface area contributed by atoms with Crippen molar-refractivity contribution in [2.45, 2.75) is 79.1 Å². The molecule has 0 aromatic heterocycles. The lowest BCUT2D eigenvalue weighted by Crippen LogP contribution is -2.06. The molecule has 0 heterocycles. The molecular weight excluding hydrogens is 921 g/mol. The Balaban J connectivity index is 1.17. The maximum atomic E-state index is 6.99. The number of benzene rings is 12. The second-order valence-corrected chi connectivity index (χ2v) is 22.2. The summed E-state index contributed by atoms with van der Waals surface area (Å²) in [6.45, 7) is 18.7. The van der Waals surface area contributed by atoms with Crippen molar-refractivity contribution < 1.29 is 9.47 Å². The van der Waals surface area contributed by atoms with E-state index in [1.807, 2.05) is 14.2 Å². The number of methoxy groups -OCH3 is 2. The van der Waals surface area contributed by atoms with Gasteiger partial charge >= 0.3 is 0 Å². The molecule has 0 radical (unpaired) electrons. The van der Waals surface area contributed by atoms with Gasteiger partial charge in [0.05, 0.1) is 14.2 Å². The van der Waals surface area contributed by atoms with Crippen LogP contribution < -0.4 is 9.47 Å². The monoisotopic (exact) mass is 987 g/mol. The molecule has 12 rings (SSSR count). The molecule has 2 nitrogen and oxygen atoms in total. The van der Waals surface area contributed by atoms with Crippen molar-refractivity contribution in [3.63, 3.8) is 0 Å². The lowest BCUT2D eigenvalue weighted by molar-refractivity contribution is 0.412. The Morgan fingerprint density at radius 2 is 0.474 bits per heavy atom. The molecule has 0 fully saturated rings. The highest BCUT2D eigenvalue weighted by Gasteiger charge is 2.30. The molecular formula is C74H66O2. The Morgan fingerprint density at radius 1 is 0.250 bits per heavy atom. The van der Waals surface area contributed by atoms with Gasteiger partial charge in [-0.15, -0.1) is 0 Å². The highest BCUT2D eigenvalue weighted by Crippen LogP contribution is 2.56. The summed E-state index contributed by atoms with van der Waals surface area (Å²) in [6, 6.07) is 72.5. The molecule has 76 heavy (non-hydrogen) atoms. The molecule has 2 heteroatoms. The molecule has 12 aromatic rings. The Kier molecular flexibility index (Phi) is 12.5. The number of hydrogen-bond acceptors (Lipinski definition) is 2. The lowest BCUT2D eigenvalue weighted by Gasteiger charge is -2.28. The molecule has 0 spiro atoms. The molecule has 0 saturated heterocycles. The van der Waals surface area contributed by atoms with Gasteiger partial charge in [-0.05, 0) is 168 Å². The standard InChI is InChI=1S/C74H66O2/c1-43(2)61-39-53(67-55-29-17-11-23-47(55)35-48-24-12-18-30-56(48)67)40-62(44(3)4)69(61)65-37-51-27-15-21-33-59(51)71(73(65)75-9)72-60-34-22-16-28-52(60)38-66(74(72)76-10)70-63(45(5)6)41-54(42-64(70)46(7)8)68-57-31-19-13-25-49(57)36-50-26-14-20-32-58(50)68/h11-46H,1-10H3. The van der Waals surface area contributed by atoms with E-state index in [0.717, 1.165) is 55.3 Å². The van der Waals surface area contributed by atoms with E-state index in [4.69, 9.17) is 9.47 Å². The van der Waals surface area contributed by atoms with E-state index in [1.165, 1.54) is 98.7 Å². The van der Waals surface area contributed by atoms with Crippen LogP contribution in [0.25, 0.3) is 120 Å². The number of hydrogen-bond donors (Lipinski definition) is 0. The fourth-order valence-corrected chi connectivity index (χ4v) is 12.7. The van der Waals surface area contributed by atoms with Crippen LogP contribution in [0.3, 0.4) is 0 Å². The van der Waals surface area contributed by atoms with Crippen LogP contribution in [0.4, 0.5) is 0 Å². The zero-order chi connectivity index (χ0) is 52.5. The van der Waals surface area contributed by atoms with Crippen LogP contribution in [0, 0.1) is 0 Å². The Morgan fingerprint density at radius 3 is 0.711 bits per heavy atom. The quantitative estimate of drug-likeness (QED) is 0.120. The summed E-state index contributed by atoms with van der Waals surface area (Å²) in [5.74, 6) is 2.49. The fraction of sp³-hybridized carbons (Fsp3) is 0.189. The zero-order valence-corrected chi connectivity index (χ0v) is 45.6. The SMILES string of the molecule is COc1c(-c2c(C(C)C)cc(-c3c4ccccc4cc4ccccc34)cc2C(C)C)cc2ccccc2c1-c1c(OC)c(-c2c(C(C)C)cc(-c3c4ccccc4cc4ccccc34)cc2C(C)C)cc2ccccc12. The summed E-state index contributed by atoms with van der Waals surface area (Å²) >= 11 is 0. The van der Waals surface area contributed by atoms with Crippen LogP contribution in [0.15, 0.2) is 194 Å². The summed E-state index contributed by atoms with van der Waals surface area (Å²) < 4.78 is 14.0. The third-order valence-corrected chi connectivity index (χ3v) is 16.2. The number of rotatable bonds is 11. The summed E-state index contributed by atoms with van der Waals surface area (Å²) in [7, 11) is 3.72. The van der Waals surface area contributed by atoms with Crippen molar-refractivity contribution in [1.29, 1.82) is 0 Å². The Hall–Kier alpha value is -8.20. The molecule has 0 amide bonds. The van der Waals surface area contributed by atoms with Gasteiger partial charge in [0.15, 0.2) is 0 Å². The molecule has 0 atom stereocenters. The number of ether oxygens (including phenoxy) is 2. The predicted molar refractivity (Wildman–Crippen MR) is 328 cm³/mol. The van der Waals surface area contributed by atoms with Crippen molar-refractivity contribution in [2.24, 2.45) is 0 Å². The first-order valence-corrected chi connectivity index (χ1v) is 27.3. The molecule has 12 aromatic carbocycles. The van der Waals surface area contributed by atoms with Crippen LogP contribution in [0.1, 0.15) is 101 Å². The van der Waals surface area contributed by atoms with E-state index >= 15 is 0 Å². The first-order chi connectivity index (χ1) is 36.9. The van der Waals surface area contributed by atoms with Crippen molar-refractivity contribution in [2.75, 3.05) is 14.2 Å². The largest absolute Gasteiger partial charge is 0.495 e. The predicted octanol–water partition coefficient (Wildman–Crippen LogP) is 21.5. The van der Waals surface area contributed by atoms with Gasteiger partial charge in [0, 0.05) is 22.3 Å². The van der Waals surface area contributed by atoms with E-state index in [-0.39, 0.29) is 23.7 Å². The molecule has 0 saturated carbocycles. The van der Waals surface area contributed by atoms with Crippen LogP contribution in [0.2, 0.25) is 0 Å². The van der Waals surface area contributed by atoms with Gasteiger partial charge in [-0.2, -0.15) is 0 Å². The van der Waals surface area contributed by atoms with Crippen LogP contribution in [-0.4, -0.2) is 14.2 Å². The second kappa shape index (κ2) is 19.5. The molecule has 374 valence electrons. The van der Waals surface area contributed by atoms with E-state index in [2.05, 4.69) is 250 Å². The minimum absolute atomic E-state index is 0.200. The van der Waals surface area contributed by atoms with Gasteiger partial charge in [0.25, 0.3) is 0 Å². The summed E-state index contributed by atoms with van der Waals surface area (Å²) in [5, 5.41) is 14.6. The third-order valence-electron chi connectivity index (χ3n) is 16.2. The van der Waals surface area contributed by atoms with Crippen molar-refractivity contribution >= 4 is 64.6 Å². The Labute approximate surface area is 448 Å². The first-order valence-electron chi connectivity index (χ1n) is 27.3. The van der Waals surface area contributed by atoms with Gasteiger partial charge in [0.1, 0.15) is 11.5 Å². The lowest BCUT2D eigenvalue weighted by atomic mass is 9.78. The van der Waals surface area contributed by atoms with Crippen LogP contribution >= 0.6 is 0 Å². The van der Waals surface area contributed by atoms with E-state index in [9.17, 15) is 0 Å². The summed E-state index contributed by atoms with van der Waals surface area (Å²) in [5.41, 5.74) is 17.0. The fourth-order valence-electron chi connectivity index (χ4n) is 12.7. The van der Waals surface area contributed by atoms with E-state index < -0.39 is 0 Å². The van der Waals surface area contributed by atoms with Crippen molar-refractivity contribution in [3.05, 3.63) is 216 Å². The molecule has 0 aliphatic carbocycles. The normalized spacial score (nSPS) is 12.0. The minimum Gasteiger partial charge on any atom is -0.495 e. The highest BCUT2D eigenvalue weighted by molar-refractivity contribution is 6.17. The highest BCUT2D eigenvalue weighted by atomic mass is 16.5. The van der Waals surface area contributed by atoms with Gasteiger partial charge in [0.2, 0.25) is 0 Å². The molecule has 0 bridgehead atoms. The third kappa shape index (κ3) is 8.00. The molecule has 0 aliphatic rings.